The fraction of sp³-hybridized carbons (Fsp3) is 0.600. The lowest BCUT2D eigenvalue weighted by Crippen LogP contribution is -2.12. The van der Waals surface area contributed by atoms with Crippen molar-refractivity contribution < 1.29 is 4.74 Å². The molecule has 2 N–H and O–H groups in total. The van der Waals surface area contributed by atoms with Crippen molar-refractivity contribution in [3.63, 3.8) is 0 Å². The zero-order valence-electron chi connectivity index (χ0n) is 8.90. The van der Waals surface area contributed by atoms with Gasteiger partial charge < -0.3 is 10.5 Å². The van der Waals surface area contributed by atoms with Crippen LogP contribution in [-0.4, -0.2) is 22.6 Å². The summed E-state index contributed by atoms with van der Waals surface area (Å²) in [4.78, 5) is 8.17. The van der Waals surface area contributed by atoms with Crippen molar-refractivity contribution in [1.29, 1.82) is 0 Å². The van der Waals surface area contributed by atoms with Crippen molar-refractivity contribution in [3.8, 4) is 5.88 Å². The van der Waals surface area contributed by atoms with Crippen LogP contribution in [-0.2, 0) is 0 Å². The molecule has 0 saturated heterocycles. The summed E-state index contributed by atoms with van der Waals surface area (Å²) in [6.45, 7) is 6.54. The van der Waals surface area contributed by atoms with Crippen LogP contribution in [0, 0.1) is 0 Å². The van der Waals surface area contributed by atoms with E-state index in [2.05, 4.69) is 9.97 Å². The van der Waals surface area contributed by atoms with E-state index in [4.69, 9.17) is 10.5 Å². The van der Waals surface area contributed by atoms with Crippen molar-refractivity contribution in [2.45, 2.75) is 32.8 Å². The second-order valence-corrected chi connectivity index (χ2v) is 3.58. The third-order valence-corrected chi connectivity index (χ3v) is 1.88. The molecular weight excluding hydrogens is 178 g/mol. The topological polar surface area (TPSA) is 61.0 Å². The van der Waals surface area contributed by atoms with Crippen molar-refractivity contribution in [2.75, 3.05) is 6.54 Å². The van der Waals surface area contributed by atoms with Crippen LogP contribution in [0.4, 0.5) is 0 Å². The lowest BCUT2D eigenvalue weighted by Gasteiger charge is -2.11. The zero-order valence-corrected chi connectivity index (χ0v) is 8.90. The van der Waals surface area contributed by atoms with Gasteiger partial charge in [0.25, 0.3) is 0 Å². The number of ether oxygens (including phenoxy) is 1. The van der Waals surface area contributed by atoms with Crippen LogP contribution >= 0.6 is 0 Å². The highest BCUT2D eigenvalue weighted by Gasteiger charge is 2.07. The van der Waals surface area contributed by atoms with Crippen molar-refractivity contribution in [1.82, 2.24) is 9.97 Å². The highest BCUT2D eigenvalue weighted by atomic mass is 16.5. The van der Waals surface area contributed by atoms with Crippen LogP contribution in [0.1, 0.15) is 32.4 Å². The fourth-order valence-electron chi connectivity index (χ4n) is 1.05. The average Bonchev–Trinajstić information content (AvgIpc) is 2.16. The predicted octanol–water partition coefficient (Wildman–Crippen LogP) is 1.33. The predicted molar refractivity (Wildman–Crippen MR) is 55.3 cm³/mol. The molecule has 78 valence electrons. The van der Waals surface area contributed by atoms with Crippen LogP contribution in [0.5, 0.6) is 5.88 Å². The number of rotatable bonds is 4. The van der Waals surface area contributed by atoms with Gasteiger partial charge in [-0.05, 0) is 13.8 Å². The summed E-state index contributed by atoms with van der Waals surface area (Å²) in [5.74, 6) is 0.859. The van der Waals surface area contributed by atoms with E-state index in [-0.39, 0.29) is 12.0 Å². The lowest BCUT2D eigenvalue weighted by molar-refractivity contribution is 0.231. The first kappa shape index (κ1) is 10.9. The van der Waals surface area contributed by atoms with Gasteiger partial charge in [-0.2, -0.15) is 0 Å². The van der Waals surface area contributed by atoms with Gasteiger partial charge in [-0.25, -0.2) is 9.97 Å². The molecule has 0 saturated carbocycles. The van der Waals surface area contributed by atoms with Crippen LogP contribution in [0.15, 0.2) is 12.4 Å². The van der Waals surface area contributed by atoms with Crippen LogP contribution in [0.2, 0.25) is 0 Å². The minimum atomic E-state index is 0.130. The molecule has 4 heteroatoms. The molecule has 0 aliphatic carbocycles. The van der Waals surface area contributed by atoms with Gasteiger partial charge in [-0.1, -0.05) is 6.92 Å². The molecule has 0 aliphatic heterocycles. The van der Waals surface area contributed by atoms with Gasteiger partial charge in [0.1, 0.15) is 6.33 Å². The Balaban J connectivity index is 2.78. The quantitative estimate of drug-likeness (QED) is 0.787. The molecule has 0 bridgehead atoms. The highest BCUT2D eigenvalue weighted by Crippen LogP contribution is 2.15. The molecule has 0 aliphatic rings. The third kappa shape index (κ3) is 2.96. The molecule has 1 rings (SSSR count). The van der Waals surface area contributed by atoms with Gasteiger partial charge in [-0.3, -0.25) is 0 Å². The molecule has 0 aromatic carbocycles. The van der Waals surface area contributed by atoms with E-state index in [9.17, 15) is 0 Å². The Morgan fingerprint density at radius 3 is 2.64 bits per heavy atom. The second kappa shape index (κ2) is 4.91. The van der Waals surface area contributed by atoms with Crippen LogP contribution in [0.3, 0.4) is 0 Å². The van der Waals surface area contributed by atoms with Crippen LogP contribution in [0.25, 0.3) is 0 Å². The Bertz CT molecular complexity index is 288. The minimum Gasteiger partial charge on any atom is -0.475 e. The first-order chi connectivity index (χ1) is 6.63. The normalized spacial score (nSPS) is 12.9. The number of nitrogens with two attached hydrogens (primary N) is 1. The molecule has 1 atom stereocenters. The molecule has 1 aromatic rings. The average molecular weight is 195 g/mol. The summed E-state index contributed by atoms with van der Waals surface area (Å²) in [6.07, 6.45) is 1.64. The van der Waals surface area contributed by atoms with Gasteiger partial charge >= 0.3 is 0 Å². The summed E-state index contributed by atoms with van der Waals surface area (Å²) in [5, 5.41) is 0. The Kier molecular flexibility index (Phi) is 3.83. The Morgan fingerprint density at radius 2 is 2.07 bits per heavy atom. The molecular formula is C10H17N3O. The number of hydrogen-bond acceptors (Lipinski definition) is 4. The van der Waals surface area contributed by atoms with E-state index in [1.165, 1.54) is 6.33 Å². The van der Waals surface area contributed by atoms with Gasteiger partial charge in [0, 0.05) is 18.5 Å². The minimum absolute atomic E-state index is 0.130. The number of nitrogens with zero attached hydrogens (tertiary/aromatic N) is 2. The number of hydrogen-bond donors (Lipinski definition) is 1. The van der Waals surface area contributed by atoms with Gasteiger partial charge in [-0.15, -0.1) is 0 Å². The molecule has 0 amide bonds. The number of aromatic nitrogens is 2. The SMILES string of the molecule is CC(C)Oc1cc(C(C)CN)ncn1. The van der Waals surface area contributed by atoms with Gasteiger partial charge in [0.05, 0.1) is 11.8 Å². The van der Waals surface area contributed by atoms with E-state index in [0.29, 0.717) is 12.4 Å². The Hall–Kier alpha value is -1.16. The summed E-state index contributed by atoms with van der Waals surface area (Å²) < 4.78 is 5.46. The smallest absolute Gasteiger partial charge is 0.216 e. The van der Waals surface area contributed by atoms with E-state index in [0.717, 1.165) is 5.69 Å². The maximum atomic E-state index is 5.55. The lowest BCUT2D eigenvalue weighted by atomic mass is 10.1. The monoisotopic (exact) mass is 195 g/mol. The van der Waals surface area contributed by atoms with Crippen molar-refractivity contribution in [2.24, 2.45) is 5.73 Å². The highest BCUT2D eigenvalue weighted by molar-refractivity contribution is 5.16. The largest absolute Gasteiger partial charge is 0.475 e. The molecule has 1 aromatic heterocycles. The van der Waals surface area contributed by atoms with Crippen LogP contribution < -0.4 is 10.5 Å². The Morgan fingerprint density at radius 1 is 1.36 bits per heavy atom. The third-order valence-electron chi connectivity index (χ3n) is 1.88. The molecule has 0 fully saturated rings. The molecule has 0 spiro atoms. The summed E-state index contributed by atoms with van der Waals surface area (Å²) in [7, 11) is 0. The van der Waals surface area contributed by atoms with Gasteiger partial charge in [0.2, 0.25) is 5.88 Å². The Labute approximate surface area is 84.5 Å². The van der Waals surface area contributed by atoms with Crippen molar-refractivity contribution in [3.05, 3.63) is 18.1 Å². The van der Waals surface area contributed by atoms with Gasteiger partial charge in [0.15, 0.2) is 0 Å². The summed E-state index contributed by atoms with van der Waals surface area (Å²) >= 11 is 0. The standard InChI is InChI=1S/C10H17N3O/c1-7(2)14-10-4-9(8(3)5-11)12-6-13-10/h4,6-8H,5,11H2,1-3H3. The fourth-order valence-corrected chi connectivity index (χ4v) is 1.05. The first-order valence-electron chi connectivity index (χ1n) is 4.82. The zero-order chi connectivity index (χ0) is 10.6. The van der Waals surface area contributed by atoms with E-state index in [1.54, 1.807) is 0 Å². The first-order valence-corrected chi connectivity index (χ1v) is 4.82. The van der Waals surface area contributed by atoms with Crippen molar-refractivity contribution >= 4 is 0 Å². The molecule has 4 nitrogen and oxygen atoms in total. The maximum absolute atomic E-state index is 5.55. The second-order valence-electron chi connectivity index (χ2n) is 3.58. The molecule has 1 heterocycles. The maximum Gasteiger partial charge on any atom is 0.216 e. The van der Waals surface area contributed by atoms with E-state index < -0.39 is 0 Å². The van der Waals surface area contributed by atoms with E-state index in [1.807, 2.05) is 26.8 Å². The molecule has 14 heavy (non-hydrogen) atoms. The molecule has 0 radical (unpaired) electrons. The summed E-state index contributed by atoms with van der Waals surface area (Å²) in [5.41, 5.74) is 6.48. The molecule has 1 unspecified atom stereocenters. The van der Waals surface area contributed by atoms with E-state index >= 15 is 0 Å². The summed E-state index contributed by atoms with van der Waals surface area (Å²) in [6, 6.07) is 1.84.